The van der Waals surface area contributed by atoms with Crippen LogP contribution in [0.4, 0.5) is 0 Å². The zero-order chi connectivity index (χ0) is 17.8. The number of benzene rings is 2. The van der Waals surface area contributed by atoms with Crippen molar-refractivity contribution in [1.82, 2.24) is 14.8 Å². The fraction of sp³-hybridized carbons (Fsp3) is 0.167. The Balaban J connectivity index is 1.92. The van der Waals surface area contributed by atoms with E-state index in [-0.39, 0.29) is 0 Å². The molecule has 0 bridgehead atoms. The van der Waals surface area contributed by atoms with Crippen LogP contribution in [-0.2, 0) is 16.4 Å². The van der Waals surface area contributed by atoms with Crippen LogP contribution in [0.25, 0.3) is 21.8 Å². The third-order valence-electron chi connectivity index (χ3n) is 4.35. The van der Waals surface area contributed by atoms with Gasteiger partial charge in [-0.2, -0.15) is 5.10 Å². The van der Waals surface area contributed by atoms with Gasteiger partial charge in [0.15, 0.2) is 9.84 Å². The number of aromatic amines is 1. The molecule has 7 heteroatoms. The molecular weight excluding hydrogens is 358 g/mol. The van der Waals surface area contributed by atoms with Crippen LogP contribution in [0.5, 0.6) is 0 Å². The number of sulfone groups is 1. The van der Waals surface area contributed by atoms with Gasteiger partial charge in [-0.15, -0.1) is 0 Å². The lowest BCUT2D eigenvalue weighted by Gasteiger charge is -2.12. The highest BCUT2D eigenvalue weighted by Gasteiger charge is 2.19. The van der Waals surface area contributed by atoms with Gasteiger partial charge in [-0.25, -0.2) is 8.42 Å². The highest BCUT2D eigenvalue weighted by atomic mass is 35.5. The number of hydrogen-bond donors (Lipinski definition) is 1. The summed E-state index contributed by atoms with van der Waals surface area (Å²) in [6.07, 6.45) is 4.96. The van der Waals surface area contributed by atoms with E-state index in [4.69, 9.17) is 11.6 Å². The summed E-state index contributed by atoms with van der Waals surface area (Å²) in [5.74, 6) is 0. The Morgan fingerprint density at radius 3 is 2.80 bits per heavy atom. The molecule has 4 rings (SSSR count). The highest BCUT2D eigenvalue weighted by molar-refractivity contribution is 7.90. The van der Waals surface area contributed by atoms with E-state index in [1.165, 1.54) is 6.26 Å². The highest BCUT2D eigenvalue weighted by Crippen LogP contribution is 2.29. The van der Waals surface area contributed by atoms with Crippen molar-refractivity contribution < 1.29 is 8.42 Å². The smallest absolute Gasteiger partial charge is 0.175 e. The Morgan fingerprint density at radius 1 is 1.24 bits per heavy atom. The molecule has 1 N–H and O–H groups in total. The quantitative estimate of drug-likeness (QED) is 0.591. The minimum atomic E-state index is -3.36. The van der Waals surface area contributed by atoms with Crippen LogP contribution in [0.2, 0.25) is 5.02 Å². The molecule has 0 atom stereocenters. The van der Waals surface area contributed by atoms with Crippen molar-refractivity contribution in [2.45, 2.75) is 18.4 Å². The fourth-order valence-corrected chi connectivity index (χ4v) is 4.39. The molecule has 0 radical (unpaired) electrons. The lowest BCUT2D eigenvalue weighted by Crippen LogP contribution is -2.08. The second-order valence-electron chi connectivity index (χ2n) is 6.24. The standard InChI is InChI=1S/C18H16ClN3O2S/c1-11-7-17(25(2,23)24)15(14-5-6-20-18(11)14)10-22-9-12-3-4-13(19)8-16(12)21-22/h3-9,20H,10H2,1-2H3. The summed E-state index contributed by atoms with van der Waals surface area (Å²) in [5.41, 5.74) is 3.37. The molecule has 0 fully saturated rings. The topological polar surface area (TPSA) is 67.8 Å². The average molecular weight is 374 g/mol. The molecule has 25 heavy (non-hydrogen) atoms. The summed E-state index contributed by atoms with van der Waals surface area (Å²) in [6, 6.07) is 9.15. The monoisotopic (exact) mass is 373 g/mol. The van der Waals surface area contributed by atoms with Crippen LogP contribution in [-0.4, -0.2) is 29.4 Å². The van der Waals surface area contributed by atoms with Gasteiger partial charge in [-0.3, -0.25) is 4.68 Å². The van der Waals surface area contributed by atoms with Gasteiger partial charge >= 0.3 is 0 Å². The zero-order valence-corrected chi connectivity index (χ0v) is 15.3. The maximum absolute atomic E-state index is 12.3. The van der Waals surface area contributed by atoms with E-state index >= 15 is 0 Å². The Labute approximate surface area is 150 Å². The number of aryl methyl sites for hydroxylation is 1. The van der Waals surface area contributed by atoms with E-state index in [0.29, 0.717) is 16.5 Å². The third-order valence-corrected chi connectivity index (χ3v) is 5.75. The molecule has 2 aromatic heterocycles. The maximum atomic E-state index is 12.3. The first-order chi connectivity index (χ1) is 11.8. The normalized spacial score (nSPS) is 12.3. The minimum Gasteiger partial charge on any atom is -0.361 e. The molecule has 2 heterocycles. The van der Waals surface area contributed by atoms with Gasteiger partial charge in [-0.1, -0.05) is 11.6 Å². The predicted octanol–water partition coefficient (Wildman–Crippen LogP) is 3.93. The lowest BCUT2D eigenvalue weighted by atomic mass is 10.1. The first kappa shape index (κ1) is 16.2. The van der Waals surface area contributed by atoms with E-state index < -0.39 is 9.84 Å². The molecule has 0 saturated heterocycles. The van der Waals surface area contributed by atoms with Gasteiger partial charge in [0.2, 0.25) is 0 Å². The molecule has 0 aliphatic carbocycles. The third kappa shape index (κ3) is 2.81. The van der Waals surface area contributed by atoms with Crippen LogP contribution in [0.3, 0.4) is 0 Å². The van der Waals surface area contributed by atoms with E-state index in [1.807, 2.05) is 37.5 Å². The van der Waals surface area contributed by atoms with Crippen LogP contribution >= 0.6 is 11.6 Å². The summed E-state index contributed by atoms with van der Waals surface area (Å²) >= 11 is 6.02. The lowest BCUT2D eigenvalue weighted by molar-refractivity contribution is 0.599. The summed E-state index contributed by atoms with van der Waals surface area (Å²) < 4.78 is 26.4. The Bertz CT molecular complexity index is 1220. The van der Waals surface area contributed by atoms with Gasteiger partial charge in [0.25, 0.3) is 0 Å². The summed E-state index contributed by atoms with van der Waals surface area (Å²) in [4.78, 5) is 3.53. The number of nitrogens with zero attached hydrogens (tertiary/aromatic N) is 2. The molecule has 128 valence electrons. The van der Waals surface area contributed by atoms with Crippen molar-refractivity contribution in [2.75, 3.05) is 6.26 Å². The fourth-order valence-electron chi connectivity index (χ4n) is 3.21. The summed E-state index contributed by atoms with van der Waals surface area (Å²) in [5, 5.41) is 7.02. The number of hydrogen-bond acceptors (Lipinski definition) is 3. The first-order valence-electron chi connectivity index (χ1n) is 7.75. The summed E-state index contributed by atoms with van der Waals surface area (Å²) in [7, 11) is -3.36. The molecule has 4 aromatic rings. The van der Waals surface area contributed by atoms with Gasteiger partial charge in [0.1, 0.15) is 0 Å². The van der Waals surface area contributed by atoms with Gasteiger partial charge in [-0.05, 0) is 42.8 Å². The molecule has 0 spiro atoms. The van der Waals surface area contributed by atoms with Crippen LogP contribution in [0.15, 0.2) is 47.6 Å². The molecule has 0 unspecified atom stereocenters. The van der Waals surface area contributed by atoms with Crippen LogP contribution in [0, 0.1) is 6.92 Å². The van der Waals surface area contributed by atoms with E-state index in [9.17, 15) is 8.42 Å². The predicted molar refractivity (Wildman–Crippen MR) is 100.0 cm³/mol. The maximum Gasteiger partial charge on any atom is 0.175 e. The van der Waals surface area contributed by atoms with Crippen molar-refractivity contribution >= 4 is 43.2 Å². The van der Waals surface area contributed by atoms with Crippen LogP contribution < -0.4 is 0 Å². The number of nitrogens with one attached hydrogen (secondary N) is 1. The van der Waals surface area contributed by atoms with Crippen molar-refractivity contribution in [3.05, 3.63) is 58.9 Å². The second-order valence-corrected chi connectivity index (χ2v) is 8.66. The number of rotatable bonds is 3. The van der Waals surface area contributed by atoms with Crippen LogP contribution in [0.1, 0.15) is 11.1 Å². The number of aromatic nitrogens is 3. The average Bonchev–Trinajstić information content (AvgIpc) is 3.15. The number of fused-ring (bicyclic) bond motifs is 2. The SMILES string of the molecule is Cc1cc(S(C)(=O)=O)c(Cn2cc3ccc(Cl)cc3n2)c2cc[nH]c12. The minimum absolute atomic E-state index is 0.342. The molecule has 0 aliphatic heterocycles. The Hall–Kier alpha value is -2.31. The molecule has 2 aromatic carbocycles. The first-order valence-corrected chi connectivity index (χ1v) is 10.0. The zero-order valence-electron chi connectivity index (χ0n) is 13.7. The van der Waals surface area contributed by atoms with E-state index in [2.05, 4.69) is 10.1 Å². The Kier molecular flexibility index (Phi) is 3.63. The molecule has 0 aliphatic rings. The van der Waals surface area contributed by atoms with E-state index in [0.717, 1.165) is 32.9 Å². The molecule has 0 amide bonds. The van der Waals surface area contributed by atoms with E-state index in [1.54, 1.807) is 16.8 Å². The summed E-state index contributed by atoms with van der Waals surface area (Å²) in [6.45, 7) is 2.27. The van der Waals surface area contributed by atoms with Crippen molar-refractivity contribution in [1.29, 1.82) is 0 Å². The van der Waals surface area contributed by atoms with Crippen molar-refractivity contribution in [2.24, 2.45) is 0 Å². The van der Waals surface area contributed by atoms with Crippen molar-refractivity contribution in [3.8, 4) is 0 Å². The largest absolute Gasteiger partial charge is 0.361 e. The van der Waals surface area contributed by atoms with Crippen molar-refractivity contribution in [3.63, 3.8) is 0 Å². The molecular formula is C18H16ClN3O2S. The molecule has 0 saturated carbocycles. The molecule has 5 nitrogen and oxygen atoms in total. The number of halogens is 1. The number of H-pyrrole nitrogens is 1. The van der Waals surface area contributed by atoms with Gasteiger partial charge in [0.05, 0.1) is 17.0 Å². The van der Waals surface area contributed by atoms with Gasteiger partial charge < -0.3 is 4.98 Å². The second kappa shape index (κ2) is 5.61. The van der Waals surface area contributed by atoms with Gasteiger partial charge in [0, 0.05) is 45.5 Å². The Morgan fingerprint density at radius 2 is 2.04 bits per heavy atom.